The van der Waals surface area contributed by atoms with E-state index in [0.29, 0.717) is 6.54 Å². The van der Waals surface area contributed by atoms with Gasteiger partial charge in [-0.2, -0.15) is 0 Å². The number of nitrogens with one attached hydrogen (secondary N) is 1. The Morgan fingerprint density at radius 2 is 2.18 bits per heavy atom. The number of carboxylic acid groups (broad SMARTS) is 1. The number of hydrogen-bond acceptors (Lipinski definition) is 3. The third-order valence-electron chi connectivity index (χ3n) is 2.90. The number of anilines is 2. The fourth-order valence-corrected chi connectivity index (χ4v) is 2.25. The third kappa shape index (κ3) is 2.70. The maximum absolute atomic E-state index is 10.7. The average molecular weight is 234 g/mol. The summed E-state index contributed by atoms with van der Waals surface area (Å²) in [5, 5.41) is 12.2. The Labute approximate surface area is 101 Å². The minimum atomic E-state index is -0.751. The number of para-hydroxylation sites is 2. The molecule has 0 amide bonds. The van der Waals surface area contributed by atoms with E-state index in [1.165, 1.54) is 0 Å². The van der Waals surface area contributed by atoms with Gasteiger partial charge in [0.15, 0.2) is 0 Å². The van der Waals surface area contributed by atoms with Crippen molar-refractivity contribution >= 4 is 17.3 Å². The SMILES string of the molecule is CC1(C)CN(CCC(=O)O)c2ccccc2N1. The molecule has 4 nitrogen and oxygen atoms in total. The van der Waals surface area contributed by atoms with Crippen molar-refractivity contribution in [2.75, 3.05) is 23.3 Å². The molecule has 0 fully saturated rings. The van der Waals surface area contributed by atoms with Crippen LogP contribution in [0.15, 0.2) is 24.3 Å². The van der Waals surface area contributed by atoms with Gasteiger partial charge in [0.1, 0.15) is 0 Å². The highest BCUT2D eigenvalue weighted by molar-refractivity contribution is 5.74. The summed E-state index contributed by atoms with van der Waals surface area (Å²) in [4.78, 5) is 12.8. The van der Waals surface area contributed by atoms with E-state index >= 15 is 0 Å². The molecule has 0 saturated heterocycles. The van der Waals surface area contributed by atoms with Gasteiger partial charge >= 0.3 is 5.97 Å². The molecule has 0 aromatic heterocycles. The van der Waals surface area contributed by atoms with Crippen LogP contribution in [0.4, 0.5) is 11.4 Å². The summed E-state index contributed by atoms with van der Waals surface area (Å²) < 4.78 is 0. The van der Waals surface area contributed by atoms with Crippen LogP contribution in [0.25, 0.3) is 0 Å². The highest BCUT2D eigenvalue weighted by Crippen LogP contribution is 2.33. The monoisotopic (exact) mass is 234 g/mol. The minimum Gasteiger partial charge on any atom is -0.481 e. The second kappa shape index (κ2) is 4.28. The van der Waals surface area contributed by atoms with E-state index in [1.54, 1.807) is 0 Å². The normalized spacial score (nSPS) is 17.2. The Kier molecular flexibility index (Phi) is 2.96. The molecule has 0 saturated carbocycles. The summed E-state index contributed by atoms with van der Waals surface area (Å²) in [7, 11) is 0. The van der Waals surface area contributed by atoms with Gasteiger partial charge in [-0.15, -0.1) is 0 Å². The lowest BCUT2D eigenvalue weighted by molar-refractivity contribution is -0.136. The van der Waals surface area contributed by atoms with Crippen LogP contribution in [-0.2, 0) is 4.79 Å². The van der Waals surface area contributed by atoms with Crippen LogP contribution in [0.5, 0.6) is 0 Å². The van der Waals surface area contributed by atoms with Crippen molar-refractivity contribution in [3.63, 3.8) is 0 Å². The highest BCUT2D eigenvalue weighted by Gasteiger charge is 2.28. The highest BCUT2D eigenvalue weighted by atomic mass is 16.4. The van der Waals surface area contributed by atoms with Crippen LogP contribution in [0, 0.1) is 0 Å². The number of fused-ring (bicyclic) bond motifs is 1. The molecule has 1 aromatic carbocycles. The molecule has 1 heterocycles. The predicted octanol–water partition coefficient (Wildman–Crippen LogP) is 2.17. The standard InChI is InChI=1S/C13H18N2O2/c1-13(2)9-15(8-7-12(16)17)11-6-4-3-5-10(11)14-13/h3-6,14H,7-9H2,1-2H3,(H,16,17). The fraction of sp³-hybridized carbons (Fsp3) is 0.462. The number of carbonyl (C=O) groups is 1. The lowest BCUT2D eigenvalue weighted by Gasteiger charge is -2.42. The quantitative estimate of drug-likeness (QED) is 0.841. The molecule has 17 heavy (non-hydrogen) atoms. The number of hydrogen-bond donors (Lipinski definition) is 2. The first kappa shape index (κ1) is 11.8. The summed E-state index contributed by atoms with van der Waals surface area (Å²) in [6, 6.07) is 8.03. The molecule has 1 aromatic rings. The zero-order valence-corrected chi connectivity index (χ0v) is 10.2. The third-order valence-corrected chi connectivity index (χ3v) is 2.90. The molecule has 0 aliphatic carbocycles. The molecule has 1 aliphatic rings. The Hall–Kier alpha value is -1.71. The number of aliphatic carboxylic acids is 1. The molecular weight excluding hydrogens is 216 g/mol. The Morgan fingerprint density at radius 3 is 2.88 bits per heavy atom. The van der Waals surface area contributed by atoms with Gasteiger partial charge < -0.3 is 15.3 Å². The zero-order chi connectivity index (χ0) is 12.5. The van der Waals surface area contributed by atoms with Crippen molar-refractivity contribution in [3.05, 3.63) is 24.3 Å². The Bertz CT molecular complexity index is 429. The average Bonchev–Trinajstić information content (AvgIpc) is 2.24. The predicted molar refractivity (Wildman–Crippen MR) is 68.6 cm³/mol. The number of nitrogens with zero attached hydrogens (tertiary/aromatic N) is 1. The molecule has 2 N–H and O–H groups in total. The van der Waals surface area contributed by atoms with Crippen molar-refractivity contribution < 1.29 is 9.90 Å². The van der Waals surface area contributed by atoms with E-state index in [-0.39, 0.29) is 12.0 Å². The Balaban J connectivity index is 2.23. The maximum Gasteiger partial charge on any atom is 0.305 e. The van der Waals surface area contributed by atoms with Gasteiger partial charge in [0, 0.05) is 18.6 Å². The van der Waals surface area contributed by atoms with Crippen molar-refractivity contribution in [2.24, 2.45) is 0 Å². The molecule has 0 bridgehead atoms. The van der Waals surface area contributed by atoms with Gasteiger partial charge in [-0.1, -0.05) is 12.1 Å². The molecule has 2 rings (SSSR count). The summed E-state index contributed by atoms with van der Waals surface area (Å²) in [5.74, 6) is -0.751. The van der Waals surface area contributed by atoms with Gasteiger partial charge in [0.25, 0.3) is 0 Å². The molecule has 0 spiro atoms. The molecule has 0 unspecified atom stereocenters. The van der Waals surface area contributed by atoms with Crippen LogP contribution in [-0.4, -0.2) is 29.7 Å². The summed E-state index contributed by atoms with van der Waals surface area (Å²) >= 11 is 0. The number of rotatable bonds is 3. The first-order chi connectivity index (χ1) is 7.98. The first-order valence-corrected chi connectivity index (χ1v) is 5.82. The van der Waals surface area contributed by atoms with Crippen LogP contribution < -0.4 is 10.2 Å². The number of carboxylic acids is 1. The maximum atomic E-state index is 10.7. The second-order valence-corrected chi connectivity index (χ2v) is 5.09. The van der Waals surface area contributed by atoms with E-state index in [9.17, 15) is 4.79 Å². The minimum absolute atomic E-state index is 0.0349. The summed E-state index contributed by atoms with van der Waals surface area (Å²) in [6.07, 6.45) is 0.171. The van der Waals surface area contributed by atoms with E-state index in [4.69, 9.17) is 5.11 Å². The molecule has 0 atom stereocenters. The fourth-order valence-electron chi connectivity index (χ4n) is 2.25. The van der Waals surface area contributed by atoms with Crippen LogP contribution in [0.2, 0.25) is 0 Å². The van der Waals surface area contributed by atoms with Crippen LogP contribution in [0.1, 0.15) is 20.3 Å². The van der Waals surface area contributed by atoms with E-state index < -0.39 is 5.97 Å². The number of benzene rings is 1. The molecule has 4 heteroatoms. The smallest absolute Gasteiger partial charge is 0.305 e. The van der Waals surface area contributed by atoms with E-state index in [1.807, 2.05) is 24.3 Å². The molecular formula is C13H18N2O2. The lowest BCUT2D eigenvalue weighted by Crippen LogP contribution is -2.49. The van der Waals surface area contributed by atoms with Crippen molar-refractivity contribution in [2.45, 2.75) is 25.8 Å². The van der Waals surface area contributed by atoms with Gasteiger partial charge in [-0.25, -0.2) is 0 Å². The van der Waals surface area contributed by atoms with Gasteiger partial charge in [-0.3, -0.25) is 4.79 Å². The zero-order valence-electron chi connectivity index (χ0n) is 10.2. The Morgan fingerprint density at radius 1 is 1.47 bits per heavy atom. The van der Waals surface area contributed by atoms with Crippen LogP contribution >= 0.6 is 0 Å². The summed E-state index contributed by atoms with van der Waals surface area (Å²) in [5.41, 5.74) is 2.13. The molecule has 0 radical (unpaired) electrons. The topological polar surface area (TPSA) is 52.6 Å². The molecule has 1 aliphatic heterocycles. The van der Waals surface area contributed by atoms with Crippen molar-refractivity contribution in [1.29, 1.82) is 0 Å². The van der Waals surface area contributed by atoms with E-state index in [2.05, 4.69) is 24.1 Å². The van der Waals surface area contributed by atoms with Crippen molar-refractivity contribution in [3.8, 4) is 0 Å². The van der Waals surface area contributed by atoms with Crippen LogP contribution in [0.3, 0.4) is 0 Å². The van der Waals surface area contributed by atoms with Crippen molar-refractivity contribution in [1.82, 2.24) is 0 Å². The molecule has 92 valence electrons. The van der Waals surface area contributed by atoms with Gasteiger partial charge in [-0.05, 0) is 26.0 Å². The largest absolute Gasteiger partial charge is 0.481 e. The van der Waals surface area contributed by atoms with Gasteiger partial charge in [0.05, 0.1) is 17.8 Å². The van der Waals surface area contributed by atoms with Gasteiger partial charge in [0.2, 0.25) is 0 Å². The first-order valence-electron chi connectivity index (χ1n) is 5.82. The summed E-state index contributed by atoms with van der Waals surface area (Å²) in [6.45, 7) is 5.61. The van der Waals surface area contributed by atoms with E-state index in [0.717, 1.165) is 17.9 Å². The second-order valence-electron chi connectivity index (χ2n) is 5.09. The lowest BCUT2D eigenvalue weighted by atomic mass is 9.99.